The van der Waals surface area contributed by atoms with Gasteiger partial charge in [-0.1, -0.05) is 45.5 Å². The molecule has 0 fully saturated rings. The van der Waals surface area contributed by atoms with Crippen molar-refractivity contribution in [1.29, 1.82) is 0 Å². The molecule has 0 aromatic rings. The minimum absolute atomic E-state index is 0.143. The molecule has 82 valence electrons. The lowest BCUT2D eigenvalue weighted by Gasteiger charge is -2.37. The van der Waals surface area contributed by atoms with Gasteiger partial charge in [0.1, 0.15) is 0 Å². The molecule has 0 aromatic heterocycles. The van der Waals surface area contributed by atoms with Gasteiger partial charge in [-0.15, -0.1) is 13.2 Å². The van der Waals surface area contributed by atoms with Crippen molar-refractivity contribution in [1.82, 2.24) is 0 Å². The molecule has 0 aliphatic rings. The molecule has 0 aliphatic carbocycles. The Balaban J connectivity index is 4.55. The van der Waals surface area contributed by atoms with E-state index < -0.39 is 8.32 Å². The van der Waals surface area contributed by atoms with Crippen molar-refractivity contribution in [3.63, 3.8) is 0 Å². The average Bonchev–Trinajstić information content (AvgIpc) is 2.11. The maximum absolute atomic E-state index is 6.04. The first-order valence-electron chi connectivity index (χ1n) is 5.34. The Hall–Kier alpha value is -0.343. The molecule has 0 N–H and O–H groups in total. The van der Waals surface area contributed by atoms with Gasteiger partial charge in [-0.2, -0.15) is 0 Å². The lowest BCUT2D eigenvalue weighted by atomic mass is 10.2. The summed E-state index contributed by atoms with van der Waals surface area (Å²) in [5, 5.41) is 0.143. The SMILES string of the molecule is C=C[Si](C=C)(OCCCC)C(C)(C)C. The molecule has 0 rings (SSSR count). The van der Waals surface area contributed by atoms with Gasteiger partial charge in [-0.3, -0.25) is 0 Å². The van der Waals surface area contributed by atoms with E-state index in [1.165, 1.54) is 6.42 Å². The molecule has 0 heterocycles. The van der Waals surface area contributed by atoms with E-state index in [2.05, 4.69) is 40.9 Å². The fraction of sp³-hybridized carbons (Fsp3) is 0.667. The van der Waals surface area contributed by atoms with Crippen molar-refractivity contribution in [3.05, 3.63) is 24.6 Å². The van der Waals surface area contributed by atoms with Gasteiger partial charge in [0.05, 0.1) is 0 Å². The van der Waals surface area contributed by atoms with E-state index >= 15 is 0 Å². The van der Waals surface area contributed by atoms with Gasteiger partial charge in [0.2, 0.25) is 8.32 Å². The molecule has 0 radical (unpaired) electrons. The second-order valence-electron chi connectivity index (χ2n) is 4.65. The Labute approximate surface area is 90.0 Å². The van der Waals surface area contributed by atoms with Crippen LogP contribution in [0.25, 0.3) is 0 Å². The smallest absolute Gasteiger partial charge is 0.245 e. The minimum Gasteiger partial charge on any atom is -0.409 e. The molecule has 0 saturated heterocycles. The molecule has 0 bridgehead atoms. The summed E-state index contributed by atoms with van der Waals surface area (Å²) in [4.78, 5) is 0. The Morgan fingerprint density at radius 2 is 1.71 bits per heavy atom. The molecule has 0 unspecified atom stereocenters. The van der Waals surface area contributed by atoms with Gasteiger partial charge in [0.25, 0.3) is 0 Å². The molecular weight excluding hydrogens is 188 g/mol. The van der Waals surface area contributed by atoms with Crippen LogP contribution in [0.3, 0.4) is 0 Å². The molecule has 0 saturated carbocycles. The number of rotatable bonds is 6. The van der Waals surface area contributed by atoms with Crippen LogP contribution >= 0.6 is 0 Å². The summed E-state index contributed by atoms with van der Waals surface area (Å²) in [6, 6.07) is 0. The first-order valence-corrected chi connectivity index (χ1v) is 7.41. The highest BCUT2D eigenvalue weighted by Gasteiger charge is 2.41. The van der Waals surface area contributed by atoms with Crippen LogP contribution in [0.4, 0.5) is 0 Å². The van der Waals surface area contributed by atoms with Crippen LogP contribution in [0.1, 0.15) is 40.5 Å². The third kappa shape index (κ3) is 3.10. The summed E-state index contributed by atoms with van der Waals surface area (Å²) < 4.78 is 6.04. The van der Waals surface area contributed by atoms with Gasteiger partial charge >= 0.3 is 0 Å². The maximum Gasteiger partial charge on any atom is 0.245 e. The van der Waals surface area contributed by atoms with Crippen molar-refractivity contribution in [2.24, 2.45) is 0 Å². The zero-order valence-corrected chi connectivity index (χ0v) is 11.1. The summed E-state index contributed by atoms with van der Waals surface area (Å²) in [6.45, 7) is 17.4. The second-order valence-corrected chi connectivity index (χ2v) is 8.84. The molecular formula is C12H24OSi. The molecule has 0 aliphatic heterocycles. The topological polar surface area (TPSA) is 9.23 Å². The Morgan fingerprint density at radius 1 is 1.21 bits per heavy atom. The van der Waals surface area contributed by atoms with E-state index in [-0.39, 0.29) is 5.04 Å². The zero-order chi connectivity index (χ0) is 11.2. The van der Waals surface area contributed by atoms with Crippen LogP contribution in [0, 0.1) is 0 Å². The van der Waals surface area contributed by atoms with Crippen molar-refractivity contribution in [2.45, 2.75) is 45.6 Å². The number of unbranched alkanes of at least 4 members (excludes halogenated alkanes) is 1. The predicted molar refractivity (Wildman–Crippen MR) is 66.7 cm³/mol. The second kappa shape index (κ2) is 5.52. The quantitative estimate of drug-likeness (QED) is 0.478. The molecule has 0 atom stereocenters. The molecule has 0 spiro atoms. The summed E-state index contributed by atoms with van der Waals surface area (Å²) in [5.74, 6) is 0. The van der Waals surface area contributed by atoms with Crippen LogP contribution in [-0.2, 0) is 4.43 Å². The third-order valence-corrected chi connectivity index (χ3v) is 6.86. The number of hydrogen-bond donors (Lipinski definition) is 0. The summed E-state index contributed by atoms with van der Waals surface area (Å²) in [5.41, 5.74) is 3.99. The van der Waals surface area contributed by atoms with Crippen LogP contribution in [0.15, 0.2) is 24.6 Å². The average molecular weight is 212 g/mol. The van der Waals surface area contributed by atoms with Crippen molar-refractivity contribution < 1.29 is 4.43 Å². The monoisotopic (exact) mass is 212 g/mol. The Bertz CT molecular complexity index is 183. The largest absolute Gasteiger partial charge is 0.409 e. The van der Waals surface area contributed by atoms with E-state index in [1.807, 2.05) is 11.4 Å². The highest BCUT2D eigenvalue weighted by Crippen LogP contribution is 2.38. The maximum atomic E-state index is 6.04. The van der Waals surface area contributed by atoms with Crippen LogP contribution in [0.5, 0.6) is 0 Å². The van der Waals surface area contributed by atoms with Crippen molar-refractivity contribution >= 4 is 8.32 Å². The molecule has 0 aromatic carbocycles. The number of hydrogen-bond acceptors (Lipinski definition) is 1. The standard InChI is InChI=1S/C12H24OSi/c1-7-10-11-13-14(8-2,9-3)12(4,5)6/h8-9H,2-3,7,10-11H2,1,4-6H3. The van der Waals surface area contributed by atoms with Gasteiger partial charge in [-0.05, 0) is 11.5 Å². The van der Waals surface area contributed by atoms with E-state index in [9.17, 15) is 0 Å². The molecule has 0 amide bonds. The minimum atomic E-state index is -1.95. The lowest BCUT2D eigenvalue weighted by Crippen LogP contribution is -2.44. The van der Waals surface area contributed by atoms with Crippen molar-refractivity contribution in [2.75, 3.05) is 6.61 Å². The summed E-state index contributed by atoms with van der Waals surface area (Å²) in [6.07, 6.45) is 2.29. The van der Waals surface area contributed by atoms with Gasteiger partial charge < -0.3 is 4.43 Å². The van der Waals surface area contributed by atoms with Crippen LogP contribution in [0.2, 0.25) is 5.04 Å². The molecule has 1 nitrogen and oxygen atoms in total. The van der Waals surface area contributed by atoms with Gasteiger partial charge in [-0.25, -0.2) is 0 Å². The highest BCUT2D eigenvalue weighted by atomic mass is 28.4. The lowest BCUT2D eigenvalue weighted by molar-refractivity contribution is 0.289. The van der Waals surface area contributed by atoms with Crippen molar-refractivity contribution in [3.8, 4) is 0 Å². The van der Waals surface area contributed by atoms with E-state index in [0.717, 1.165) is 13.0 Å². The van der Waals surface area contributed by atoms with Gasteiger partial charge in [0.15, 0.2) is 0 Å². The first-order chi connectivity index (χ1) is 6.43. The first kappa shape index (κ1) is 13.7. The van der Waals surface area contributed by atoms with Crippen LogP contribution in [-0.4, -0.2) is 14.9 Å². The predicted octanol–water partition coefficient (Wildman–Crippen LogP) is 4.00. The third-order valence-electron chi connectivity index (χ3n) is 2.62. The fourth-order valence-corrected chi connectivity index (χ4v) is 3.96. The highest BCUT2D eigenvalue weighted by molar-refractivity contribution is 6.85. The normalized spacial score (nSPS) is 12.6. The molecule has 14 heavy (non-hydrogen) atoms. The van der Waals surface area contributed by atoms with E-state index in [4.69, 9.17) is 4.43 Å². The molecule has 2 heteroatoms. The Kier molecular flexibility index (Phi) is 5.38. The fourth-order valence-electron chi connectivity index (χ4n) is 1.42. The summed E-state index contributed by atoms with van der Waals surface area (Å²) >= 11 is 0. The zero-order valence-electron chi connectivity index (χ0n) is 10.1. The Morgan fingerprint density at radius 3 is 2.00 bits per heavy atom. The van der Waals surface area contributed by atoms with Crippen LogP contribution < -0.4 is 0 Å². The summed E-state index contributed by atoms with van der Waals surface area (Å²) in [7, 11) is -1.95. The van der Waals surface area contributed by atoms with E-state index in [0.29, 0.717) is 0 Å². The van der Waals surface area contributed by atoms with Gasteiger partial charge in [0, 0.05) is 6.61 Å². The van der Waals surface area contributed by atoms with E-state index in [1.54, 1.807) is 0 Å².